The average molecular weight is 335 g/mol. The third kappa shape index (κ3) is 2.75. The van der Waals surface area contributed by atoms with Gasteiger partial charge in [-0.1, -0.05) is 22.9 Å². The summed E-state index contributed by atoms with van der Waals surface area (Å²) in [4.78, 5) is 12.3. The summed E-state index contributed by atoms with van der Waals surface area (Å²) in [6.07, 6.45) is 1.21. The highest BCUT2D eigenvalue weighted by Gasteiger charge is 2.44. The van der Waals surface area contributed by atoms with E-state index in [9.17, 15) is 13.2 Å². The van der Waals surface area contributed by atoms with Crippen molar-refractivity contribution in [2.24, 2.45) is 0 Å². The molecule has 0 aliphatic carbocycles. The van der Waals surface area contributed by atoms with Crippen molar-refractivity contribution in [2.75, 3.05) is 13.4 Å². The van der Waals surface area contributed by atoms with E-state index >= 15 is 0 Å². The number of Topliss-reactive ketones (excluding diaryl/α,β-unsaturated/α-hetero) is 1. The number of benzene rings is 1. The van der Waals surface area contributed by atoms with Crippen molar-refractivity contribution in [1.29, 1.82) is 0 Å². The third-order valence-corrected chi connectivity index (χ3v) is 7.07. The van der Waals surface area contributed by atoms with E-state index < -0.39 is 19.3 Å². The predicted octanol–water partition coefficient (Wildman–Crippen LogP) is 2.42. The maximum absolute atomic E-state index is 12.3. The van der Waals surface area contributed by atoms with E-state index in [1.807, 2.05) is 0 Å². The molecule has 0 spiro atoms. The molecule has 0 saturated heterocycles. The van der Waals surface area contributed by atoms with Crippen molar-refractivity contribution in [3.8, 4) is 5.75 Å². The molecule has 0 aliphatic heterocycles. The SMILES string of the molecule is CC[C@@](Br)(C(=O)c1ccc(OC)cc1)S(C)(=O)=O. The van der Waals surface area contributed by atoms with Crippen molar-refractivity contribution >= 4 is 31.6 Å². The number of hydrogen-bond donors (Lipinski definition) is 0. The molecule has 1 aromatic carbocycles. The predicted molar refractivity (Wildman–Crippen MR) is 74.1 cm³/mol. The summed E-state index contributed by atoms with van der Waals surface area (Å²) in [5.41, 5.74) is 0.333. The molecule has 0 N–H and O–H groups in total. The molecule has 0 saturated carbocycles. The first-order valence-corrected chi connectivity index (χ1v) is 8.02. The molecule has 6 heteroatoms. The van der Waals surface area contributed by atoms with Crippen molar-refractivity contribution < 1.29 is 17.9 Å². The molecule has 0 unspecified atom stereocenters. The fourth-order valence-corrected chi connectivity index (χ4v) is 2.76. The van der Waals surface area contributed by atoms with Crippen LogP contribution in [0.5, 0.6) is 5.75 Å². The number of sulfone groups is 1. The van der Waals surface area contributed by atoms with Crippen LogP contribution >= 0.6 is 15.9 Å². The van der Waals surface area contributed by atoms with Gasteiger partial charge in [0.05, 0.1) is 7.11 Å². The Morgan fingerprint density at radius 1 is 1.33 bits per heavy atom. The van der Waals surface area contributed by atoms with Gasteiger partial charge in [-0.15, -0.1) is 0 Å². The number of rotatable bonds is 5. The summed E-state index contributed by atoms with van der Waals surface area (Å²) in [6.45, 7) is 1.65. The van der Waals surface area contributed by atoms with E-state index in [-0.39, 0.29) is 6.42 Å². The Morgan fingerprint density at radius 3 is 2.17 bits per heavy atom. The van der Waals surface area contributed by atoms with Crippen molar-refractivity contribution in [2.45, 2.75) is 17.0 Å². The molecule has 0 aromatic heterocycles. The summed E-state index contributed by atoms with van der Waals surface area (Å²) in [7, 11) is -2.02. The molecule has 18 heavy (non-hydrogen) atoms. The number of carbonyl (C=O) groups excluding carboxylic acids is 1. The van der Waals surface area contributed by atoms with Gasteiger partial charge in [0, 0.05) is 11.8 Å². The number of carbonyl (C=O) groups is 1. The summed E-state index contributed by atoms with van der Waals surface area (Å²) in [6, 6.07) is 6.35. The van der Waals surface area contributed by atoms with Crippen molar-refractivity contribution in [1.82, 2.24) is 0 Å². The van der Waals surface area contributed by atoms with E-state index in [4.69, 9.17) is 4.74 Å². The molecule has 0 fully saturated rings. The average Bonchev–Trinajstić information content (AvgIpc) is 2.35. The van der Waals surface area contributed by atoms with Crippen LogP contribution in [0.2, 0.25) is 0 Å². The Labute approximate surface area is 115 Å². The first kappa shape index (κ1) is 15.2. The lowest BCUT2D eigenvalue weighted by atomic mass is 10.1. The van der Waals surface area contributed by atoms with E-state index in [2.05, 4.69) is 15.9 Å². The van der Waals surface area contributed by atoms with Crippen LogP contribution < -0.4 is 4.74 Å². The molecule has 0 bridgehead atoms. The molecule has 1 atom stereocenters. The van der Waals surface area contributed by atoms with Crippen LogP contribution in [0.15, 0.2) is 24.3 Å². The molecular formula is C12H15BrO4S. The Hall–Kier alpha value is -0.880. The summed E-state index contributed by atoms with van der Waals surface area (Å²) < 4.78 is 26.9. The Bertz CT molecular complexity index is 536. The molecular weight excluding hydrogens is 320 g/mol. The normalized spacial score (nSPS) is 14.9. The van der Waals surface area contributed by atoms with Crippen LogP contribution in [0.4, 0.5) is 0 Å². The lowest BCUT2D eigenvalue weighted by molar-refractivity contribution is 0.0976. The first-order chi connectivity index (χ1) is 8.26. The summed E-state index contributed by atoms with van der Waals surface area (Å²) in [5.74, 6) is 0.151. The van der Waals surface area contributed by atoms with Gasteiger partial charge in [-0.05, 0) is 30.7 Å². The van der Waals surface area contributed by atoms with Gasteiger partial charge in [-0.3, -0.25) is 4.79 Å². The number of ether oxygens (including phenoxy) is 1. The minimum atomic E-state index is -3.54. The van der Waals surface area contributed by atoms with E-state index in [1.54, 1.807) is 31.2 Å². The Morgan fingerprint density at radius 2 is 1.83 bits per heavy atom. The van der Waals surface area contributed by atoms with Gasteiger partial charge in [0.15, 0.2) is 19.3 Å². The van der Waals surface area contributed by atoms with Gasteiger partial charge in [0.1, 0.15) is 5.75 Å². The number of ketones is 1. The topological polar surface area (TPSA) is 60.4 Å². The maximum atomic E-state index is 12.3. The second-order valence-electron chi connectivity index (χ2n) is 3.91. The van der Waals surface area contributed by atoms with E-state index in [0.29, 0.717) is 11.3 Å². The highest BCUT2D eigenvalue weighted by molar-refractivity contribution is 9.12. The quantitative estimate of drug-likeness (QED) is 0.612. The monoisotopic (exact) mass is 334 g/mol. The maximum Gasteiger partial charge on any atom is 0.194 e. The molecule has 0 heterocycles. The van der Waals surface area contributed by atoms with Crippen LogP contribution in [-0.4, -0.2) is 31.2 Å². The number of methoxy groups -OCH3 is 1. The molecule has 0 aliphatic rings. The fraction of sp³-hybridized carbons (Fsp3) is 0.417. The second kappa shape index (κ2) is 5.40. The minimum absolute atomic E-state index is 0.163. The lowest BCUT2D eigenvalue weighted by Crippen LogP contribution is -2.39. The van der Waals surface area contributed by atoms with Crippen LogP contribution in [0, 0.1) is 0 Å². The van der Waals surface area contributed by atoms with E-state index in [0.717, 1.165) is 6.26 Å². The van der Waals surface area contributed by atoms with E-state index in [1.165, 1.54) is 7.11 Å². The van der Waals surface area contributed by atoms with Gasteiger partial charge in [-0.25, -0.2) is 8.42 Å². The molecule has 0 radical (unpaired) electrons. The number of alkyl halides is 1. The molecule has 0 amide bonds. The third-order valence-electron chi connectivity index (χ3n) is 2.73. The van der Waals surface area contributed by atoms with Gasteiger partial charge in [-0.2, -0.15) is 0 Å². The fourth-order valence-electron chi connectivity index (χ4n) is 1.55. The standard InChI is InChI=1S/C12H15BrO4S/c1-4-12(13,18(3,15)16)11(14)9-5-7-10(17-2)8-6-9/h5-8H,4H2,1-3H3/t12-/m0/s1. The Balaban J connectivity index is 3.19. The highest BCUT2D eigenvalue weighted by Crippen LogP contribution is 2.33. The molecule has 4 nitrogen and oxygen atoms in total. The zero-order valence-corrected chi connectivity index (χ0v) is 12.8. The van der Waals surface area contributed by atoms with Gasteiger partial charge >= 0.3 is 0 Å². The van der Waals surface area contributed by atoms with Crippen molar-refractivity contribution in [3.63, 3.8) is 0 Å². The lowest BCUT2D eigenvalue weighted by Gasteiger charge is -2.22. The van der Waals surface area contributed by atoms with Crippen LogP contribution in [-0.2, 0) is 9.84 Å². The van der Waals surface area contributed by atoms with Gasteiger partial charge < -0.3 is 4.74 Å². The molecule has 1 rings (SSSR count). The summed E-state index contributed by atoms with van der Waals surface area (Å²) in [5, 5.41) is 0. The summed E-state index contributed by atoms with van der Waals surface area (Å²) >= 11 is 3.07. The van der Waals surface area contributed by atoms with Crippen LogP contribution in [0.25, 0.3) is 0 Å². The zero-order valence-electron chi connectivity index (χ0n) is 10.4. The zero-order chi connectivity index (χ0) is 14.0. The molecule has 1 aromatic rings. The van der Waals surface area contributed by atoms with Gasteiger partial charge in [0.2, 0.25) is 0 Å². The largest absolute Gasteiger partial charge is 0.497 e. The van der Waals surface area contributed by atoms with Crippen molar-refractivity contribution in [3.05, 3.63) is 29.8 Å². The number of hydrogen-bond acceptors (Lipinski definition) is 4. The second-order valence-corrected chi connectivity index (χ2v) is 8.03. The smallest absolute Gasteiger partial charge is 0.194 e. The van der Waals surface area contributed by atoms with Crippen LogP contribution in [0.3, 0.4) is 0 Å². The highest BCUT2D eigenvalue weighted by atomic mass is 79.9. The number of halogens is 1. The minimum Gasteiger partial charge on any atom is -0.497 e. The van der Waals surface area contributed by atoms with Gasteiger partial charge in [0.25, 0.3) is 0 Å². The first-order valence-electron chi connectivity index (χ1n) is 5.33. The Kier molecular flexibility index (Phi) is 4.55. The molecule has 100 valence electrons. The van der Waals surface area contributed by atoms with Crippen LogP contribution in [0.1, 0.15) is 23.7 Å².